The van der Waals surface area contributed by atoms with Crippen molar-refractivity contribution in [3.05, 3.63) is 17.9 Å². The fraction of sp³-hybridized carbons (Fsp3) is 0.500. The first-order valence-corrected chi connectivity index (χ1v) is 6.68. The number of amides is 1. The molecule has 2 rings (SSSR count). The van der Waals surface area contributed by atoms with E-state index >= 15 is 0 Å². The van der Waals surface area contributed by atoms with Crippen LogP contribution in [0.2, 0.25) is 0 Å². The standard InChI is InChI=1S/C14H20FN3O2/c1-8(2)20-13-6-12(11(16)5-10(13)15)18-4-3-9(7-18)14(17)19/h5-6,8-9H,3-4,7,16H2,1-2H3,(H2,17,19). The number of anilines is 2. The number of halogens is 1. The van der Waals surface area contributed by atoms with Gasteiger partial charge in [-0.15, -0.1) is 0 Å². The molecule has 1 amide bonds. The van der Waals surface area contributed by atoms with Crippen molar-refractivity contribution in [1.29, 1.82) is 0 Å². The number of ether oxygens (including phenoxy) is 1. The lowest BCUT2D eigenvalue weighted by molar-refractivity contribution is -0.121. The van der Waals surface area contributed by atoms with Crippen LogP contribution in [0.3, 0.4) is 0 Å². The molecule has 1 atom stereocenters. The minimum atomic E-state index is -0.481. The van der Waals surface area contributed by atoms with Crippen LogP contribution in [0, 0.1) is 11.7 Å². The van der Waals surface area contributed by atoms with Gasteiger partial charge in [0.15, 0.2) is 11.6 Å². The van der Waals surface area contributed by atoms with Crippen molar-refractivity contribution in [3.63, 3.8) is 0 Å². The second-order valence-electron chi connectivity index (χ2n) is 5.34. The second kappa shape index (κ2) is 5.56. The number of hydrogen-bond donors (Lipinski definition) is 2. The van der Waals surface area contributed by atoms with Gasteiger partial charge in [0.25, 0.3) is 0 Å². The molecule has 1 saturated heterocycles. The average molecular weight is 281 g/mol. The molecule has 1 aliphatic rings. The van der Waals surface area contributed by atoms with E-state index in [-0.39, 0.29) is 23.7 Å². The highest BCUT2D eigenvalue weighted by atomic mass is 19.1. The summed E-state index contributed by atoms with van der Waals surface area (Å²) in [5.74, 6) is -0.807. The number of carbonyl (C=O) groups is 1. The molecule has 0 spiro atoms. The van der Waals surface area contributed by atoms with Crippen LogP contribution in [0.4, 0.5) is 15.8 Å². The monoisotopic (exact) mass is 281 g/mol. The lowest BCUT2D eigenvalue weighted by atomic mass is 10.1. The predicted octanol–water partition coefficient (Wildman–Crippen LogP) is 1.51. The molecule has 6 heteroatoms. The lowest BCUT2D eigenvalue weighted by Gasteiger charge is -2.22. The van der Waals surface area contributed by atoms with Gasteiger partial charge in [0, 0.05) is 25.2 Å². The van der Waals surface area contributed by atoms with Crippen molar-refractivity contribution in [2.24, 2.45) is 11.7 Å². The molecular weight excluding hydrogens is 261 g/mol. The Balaban J connectivity index is 2.25. The maximum Gasteiger partial charge on any atom is 0.222 e. The number of hydrogen-bond acceptors (Lipinski definition) is 4. The zero-order valence-electron chi connectivity index (χ0n) is 11.7. The quantitative estimate of drug-likeness (QED) is 0.820. The number of primary amides is 1. The van der Waals surface area contributed by atoms with E-state index in [9.17, 15) is 9.18 Å². The van der Waals surface area contributed by atoms with Crippen LogP contribution in [-0.2, 0) is 4.79 Å². The predicted molar refractivity (Wildman–Crippen MR) is 76.1 cm³/mol. The summed E-state index contributed by atoms with van der Waals surface area (Å²) < 4.78 is 19.2. The zero-order valence-corrected chi connectivity index (χ0v) is 11.7. The highest BCUT2D eigenvalue weighted by Crippen LogP contribution is 2.34. The van der Waals surface area contributed by atoms with E-state index in [2.05, 4.69) is 0 Å². The number of nitrogen functional groups attached to an aromatic ring is 1. The molecule has 1 unspecified atom stereocenters. The Morgan fingerprint density at radius 2 is 2.20 bits per heavy atom. The topological polar surface area (TPSA) is 81.6 Å². The summed E-state index contributed by atoms with van der Waals surface area (Å²) in [6.45, 7) is 4.83. The Hall–Kier alpha value is -1.98. The van der Waals surface area contributed by atoms with E-state index in [1.54, 1.807) is 6.07 Å². The fourth-order valence-electron chi connectivity index (χ4n) is 2.39. The Labute approximate surface area is 117 Å². The number of carbonyl (C=O) groups excluding carboxylic acids is 1. The van der Waals surface area contributed by atoms with Gasteiger partial charge in [0.1, 0.15) is 0 Å². The average Bonchev–Trinajstić information content (AvgIpc) is 2.81. The molecule has 20 heavy (non-hydrogen) atoms. The maximum absolute atomic E-state index is 13.8. The summed E-state index contributed by atoms with van der Waals surface area (Å²) in [6, 6.07) is 2.85. The van der Waals surface area contributed by atoms with Crippen molar-refractivity contribution < 1.29 is 13.9 Å². The van der Waals surface area contributed by atoms with Crippen LogP contribution in [0.25, 0.3) is 0 Å². The highest BCUT2D eigenvalue weighted by Gasteiger charge is 2.28. The highest BCUT2D eigenvalue weighted by molar-refractivity contribution is 5.79. The van der Waals surface area contributed by atoms with Crippen LogP contribution in [-0.4, -0.2) is 25.1 Å². The van der Waals surface area contributed by atoms with Crippen molar-refractivity contribution in [2.75, 3.05) is 23.7 Å². The van der Waals surface area contributed by atoms with Gasteiger partial charge in [0.05, 0.1) is 23.4 Å². The summed E-state index contributed by atoms with van der Waals surface area (Å²) in [4.78, 5) is 13.2. The van der Waals surface area contributed by atoms with Crippen molar-refractivity contribution in [2.45, 2.75) is 26.4 Å². The molecule has 1 aromatic carbocycles. The van der Waals surface area contributed by atoms with Crippen LogP contribution >= 0.6 is 0 Å². The van der Waals surface area contributed by atoms with E-state index in [0.717, 1.165) is 0 Å². The molecule has 1 aliphatic heterocycles. The minimum absolute atomic E-state index is 0.127. The Bertz CT molecular complexity index is 519. The molecule has 0 bridgehead atoms. The molecule has 4 N–H and O–H groups in total. The van der Waals surface area contributed by atoms with Crippen molar-refractivity contribution >= 4 is 17.3 Å². The van der Waals surface area contributed by atoms with E-state index in [0.29, 0.717) is 30.9 Å². The van der Waals surface area contributed by atoms with Gasteiger partial charge in [0.2, 0.25) is 5.91 Å². The number of nitrogens with zero attached hydrogens (tertiary/aromatic N) is 1. The molecule has 0 aromatic heterocycles. The van der Waals surface area contributed by atoms with Gasteiger partial charge < -0.3 is 21.1 Å². The summed E-state index contributed by atoms with van der Waals surface area (Å²) in [6.07, 6.45) is 0.560. The zero-order chi connectivity index (χ0) is 14.9. The smallest absolute Gasteiger partial charge is 0.222 e. The van der Waals surface area contributed by atoms with Crippen molar-refractivity contribution in [3.8, 4) is 5.75 Å². The second-order valence-corrected chi connectivity index (χ2v) is 5.34. The molecule has 0 saturated carbocycles. The number of benzene rings is 1. The largest absolute Gasteiger partial charge is 0.488 e. The molecule has 5 nitrogen and oxygen atoms in total. The summed E-state index contributed by atoms with van der Waals surface area (Å²) in [5.41, 5.74) is 12.2. The first kappa shape index (κ1) is 14.4. The molecule has 1 heterocycles. The van der Waals surface area contributed by atoms with Gasteiger partial charge in [-0.05, 0) is 20.3 Å². The summed E-state index contributed by atoms with van der Waals surface area (Å²) in [5, 5.41) is 0. The van der Waals surface area contributed by atoms with Gasteiger partial charge in [-0.3, -0.25) is 4.79 Å². The summed E-state index contributed by atoms with van der Waals surface area (Å²) >= 11 is 0. The third kappa shape index (κ3) is 2.95. The molecule has 0 aliphatic carbocycles. The Kier molecular flexibility index (Phi) is 4.01. The summed E-state index contributed by atoms with van der Waals surface area (Å²) in [7, 11) is 0. The third-order valence-electron chi connectivity index (χ3n) is 3.38. The number of rotatable bonds is 4. The first-order chi connectivity index (χ1) is 9.38. The number of nitrogens with two attached hydrogens (primary N) is 2. The van der Waals surface area contributed by atoms with E-state index < -0.39 is 5.82 Å². The van der Waals surface area contributed by atoms with E-state index in [1.165, 1.54) is 6.07 Å². The molecule has 0 radical (unpaired) electrons. The fourth-order valence-corrected chi connectivity index (χ4v) is 2.39. The lowest BCUT2D eigenvalue weighted by Crippen LogP contribution is -2.27. The van der Waals surface area contributed by atoms with Crippen LogP contribution in [0.5, 0.6) is 5.75 Å². The molecule has 110 valence electrons. The van der Waals surface area contributed by atoms with E-state index in [4.69, 9.17) is 16.2 Å². The van der Waals surface area contributed by atoms with Gasteiger partial charge in [-0.1, -0.05) is 0 Å². The van der Waals surface area contributed by atoms with Crippen LogP contribution in [0.15, 0.2) is 12.1 Å². The van der Waals surface area contributed by atoms with E-state index in [1.807, 2.05) is 18.7 Å². The minimum Gasteiger partial charge on any atom is -0.488 e. The SMILES string of the molecule is CC(C)Oc1cc(N2CCC(C(N)=O)C2)c(N)cc1F. The van der Waals surface area contributed by atoms with Gasteiger partial charge in [-0.25, -0.2) is 4.39 Å². The third-order valence-corrected chi connectivity index (χ3v) is 3.38. The van der Waals surface area contributed by atoms with Crippen molar-refractivity contribution in [1.82, 2.24) is 0 Å². The molecular formula is C14H20FN3O2. The molecule has 1 aromatic rings. The normalized spacial score (nSPS) is 18.6. The maximum atomic E-state index is 13.8. The van der Waals surface area contributed by atoms with Gasteiger partial charge >= 0.3 is 0 Å². The van der Waals surface area contributed by atoms with Crippen LogP contribution in [0.1, 0.15) is 20.3 Å². The molecule has 1 fully saturated rings. The van der Waals surface area contributed by atoms with Crippen LogP contribution < -0.4 is 21.1 Å². The first-order valence-electron chi connectivity index (χ1n) is 6.68. The van der Waals surface area contributed by atoms with Gasteiger partial charge in [-0.2, -0.15) is 0 Å². The Morgan fingerprint density at radius 1 is 1.50 bits per heavy atom. The Morgan fingerprint density at radius 3 is 2.75 bits per heavy atom.